The molecule has 0 saturated carbocycles. The van der Waals surface area contributed by atoms with Crippen LogP contribution in [0, 0.1) is 6.92 Å². The second-order valence-corrected chi connectivity index (χ2v) is 5.15. The van der Waals surface area contributed by atoms with E-state index in [0.717, 1.165) is 5.56 Å². The van der Waals surface area contributed by atoms with E-state index in [1.54, 1.807) is 18.2 Å². The number of ether oxygens (including phenoxy) is 2. The van der Waals surface area contributed by atoms with Crippen LogP contribution in [0.3, 0.4) is 0 Å². The van der Waals surface area contributed by atoms with Crippen LogP contribution in [0.1, 0.15) is 5.56 Å². The summed E-state index contributed by atoms with van der Waals surface area (Å²) in [6, 6.07) is 12.6. The first-order valence-electron chi connectivity index (χ1n) is 7.17. The quantitative estimate of drug-likeness (QED) is 0.908. The average Bonchev–Trinajstić information content (AvgIpc) is 2.54. The molecule has 6 heteroatoms. The lowest BCUT2D eigenvalue weighted by Crippen LogP contribution is -2.25. The first kappa shape index (κ1) is 14.9. The third kappa shape index (κ3) is 3.60. The minimum absolute atomic E-state index is 0.00295. The summed E-state index contributed by atoms with van der Waals surface area (Å²) in [6.45, 7) is 1.83. The van der Waals surface area contributed by atoms with Gasteiger partial charge in [0.1, 0.15) is 11.5 Å². The molecule has 1 aliphatic heterocycles. The van der Waals surface area contributed by atoms with Crippen LogP contribution in [-0.4, -0.2) is 25.0 Å². The van der Waals surface area contributed by atoms with Crippen molar-refractivity contribution < 1.29 is 19.1 Å². The van der Waals surface area contributed by atoms with Gasteiger partial charge in [-0.3, -0.25) is 9.59 Å². The number of carbonyl (C=O) groups is 2. The number of rotatable bonds is 4. The summed E-state index contributed by atoms with van der Waals surface area (Å²) in [6.07, 6.45) is 0. The lowest BCUT2D eigenvalue weighted by atomic mass is 10.2. The number of anilines is 2. The fourth-order valence-electron chi connectivity index (χ4n) is 2.22. The van der Waals surface area contributed by atoms with Crippen molar-refractivity contribution >= 4 is 23.2 Å². The third-order valence-electron chi connectivity index (χ3n) is 3.35. The van der Waals surface area contributed by atoms with E-state index >= 15 is 0 Å². The summed E-state index contributed by atoms with van der Waals surface area (Å²) in [4.78, 5) is 23.3. The van der Waals surface area contributed by atoms with Gasteiger partial charge in [0.25, 0.3) is 11.8 Å². The number of hydrogen-bond acceptors (Lipinski definition) is 4. The SMILES string of the molecule is Cc1ccccc1OCC(=O)Nc1ccc2c(c1)NC(=O)CO2. The second-order valence-electron chi connectivity index (χ2n) is 5.15. The first-order chi connectivity index (χ1) is 11.1. The predicted molar refractivity (Wildman–Crippen MR) is 85.9 cm³/mol. The van der Waals surface area contributed by atoms with Gasteiger partial charge in [-0.25, -0.2) is 0 Å². The van der Waals surface area contributed by atoms with Crippen LogP contribution in [0.5, 0.6) is 11.5 Å². The highest BCUT2D eigenvalue weighted by molar-refractivity contribution is 5.97. The number of nitrogens with one attached hydrogen (secondary N) is 2. The Morgan fingerprint density at radius 2 is 2.13 bits per heavy atom. The highest BCUT2D eigenvalue weighted by Gasteiger charge is 2.16. The van der Waals surface area contributed by atoms with E-state index in [2.05, 4.69) is 10.6 Å². The summed E-state index contributed by atoms with van der Waals surface area (Å²) < 4.78 is 10.8. The molecular weight excluding hydrogens is 296 g/mol. The minimum Gasteiger partial charge on any atom is -0.483 e. The molecule has 2 N–H and O–H groups in total. The summed E-state index contributed by atoms with van der Waals surface area (Å²) in [7, 11) is 0. The van der Waals surface area contributed by atoms with E-state index in [0.29, 0.717) is 22.9 Å². The number of hydrogen-bond donors (Lipinski definition) is 2. The van der Waals surface area contributed by atoms with Gasteiger partial charge in [-0.05, 0) is 36.8 Å². The molecule has 0 radical (unpaired) electrons. The molecule has 0 spiro atoms. The maximum atomic E-state index is 12.0. The Kier molecular flexibility index (Phi) is 4.14. The van der Waals surface area contributed by atoms with Gasteiger partial charge >= 0.3 is 0 Å². The number of aryl methyl sites for hydroxylation is 1. The lowest BCUT2D eigenvalue weighted by Gasteiger charge is -2.18. The van der Waals surface area contributed by atoms with Crippen LogP contribution in [0.25, 0.3) is 0 Å². The summed E-state index contributed by atoms with van der Waals surface area (Å²) >= 11 is 0. The first-order valence-corrected chi connectivity index (χ1v) is 7.17. The van der Waals surface area contributed by atoms with Crippen LogP contribution < -0.4 is 20.1 Å². The molecule has 0 atom stereocenters. The normalized spacial score (nSPS) is 12.7. The van der Waals surface area contributed by atoms with Gasteiger partial charge in [0.15, 0.2) is 13.2 Å². The highest BCUT2D eigenvalue weighted by atomic mass is 16.5. The maximum Gasteiger partial charge on any atom is 0.262 e. The standard InChI is InChI=1S/C17H16N2O4/c1-11-4-2-3-5-14(11)22-9-16(20)18-12-6-7-15-13(8-12)19-17(21)10-23-15/h2-8H,9-10H2,1H3,(H,18,20)(H,19,21). The summed E-state index contributed by atoms with van der Waals surface area (Å²) in [5.74, 6) is 0.757. The van der Waals surface area contributed by atoms with Crippen molar-refractivity contribution in [1.29, 1.82) is 0 Å². The van der Waals surface area contributed by atoms with Crippen molar-refractivity contribution in [1.82, 2.24) is 0 Å². The van der Waals surface area contributed by atoms with Crippen molar-refractivity contribution in [2.75, 3.05) is 23.8 Å². The van der Waals surface area contributed by atoms with Gasteiger partial charge in [-0.1, -0.05) is 18.2 Å². The Morgan fingerprint density at radius 1 is 1.30 bits per heavy atom. The Morgan fingerprint density at radius 3 is 2.96 bits per heavy atom. The van der Waals surface area contributed by atoms with E-state index in [4.69, 9.17) is 9.47 Å². The molecule has 1 aliphatic rings. The smallest absolute Gasteiger partial charge is 0.262 e. The fourth-order valence-corrected chi connectivity index (χ4v) is 2.22. The van der Waals surface area contributed by atoms with Gasteiger partial charge < -0.3 is 20.1 Å². The lowest BCUT2D eigenvalue weighted by molar-refractivity contribution is -0.119. The van der Waals surface area contributed by atoms with Gasteiger partial charge in [-0.2, -0.15) is 0 Å². The number of para-hydroxylation sites is 1. The molecule has 0 fully saturated rings. The van der Waals surface area contributed by atoms with Crippen LogP contribution in [-0.2, 0) is 9.59 Å². The molecule has 0 unspecified atom stereocenters. The Labute approximate surface area is 133 Å². The van der Waals surface area contributed by atoms with E-state index in [-0.39, 0.29) is 25.0 Å². The third-order valence-corrected chi connectivity index (χ3v) is 3.35. The molecule has 2 amide bonds. The summed E-state index contributed by atoms with van der Waals surface area (Å²) in [5, 5.41) is 5.42. The van der Waals surface area contributed by atoms with Crippen molar-refractivity contribution in [3.8, 4) is 11.5 Å². The number of fused-ring (bicyclic) bond motifs is 1. The zero-order valence-electron chi connectivity index (χ0n) is 12.6. The van der Waals surface area contributed by atoms with Crippen molar-refractivity contribution in [2.45, 2.75) is 6.92 Å². The molecule has 0 bridgehead atoms. The number of amides is 2. The van der Waals surface area contributed by atoms with Gasteiger partial charge in [0.05, 0.1) is 5.69 Å². The molecular formula is C17H16N2O4. The molecule has 118 valence electrons. The predicted octanol–water partition coefficient (Wildman–Crippen LogP) is 2.34. The van der Waals surface area contributed by atoms with Gasteiger partial charge in [-0.15, -0.1) is 0 Å². The molecule has 23 heavy (non-hydrogen) atoms. The molecule has 2 aromatic carbocycles. The van der Waals surface area contributed by atoms with Gasteiger partial charge in [0, 0.05) is 5.69 Å². The Hall–Kier alpha value is -3.02. The van der Waals surface area contributed by atoms with E-state index in [1.807, 2.05) is 31.2 Å². The molecule has 1 heterocycles. The second kappa shape index (κ2) is 6.39. The highest BCUT2D eigenvalue weighted by Crippen LogP contribution is 2.30. The largest absolute Gasteiger partial charge is 0.483 e. The van der Waals surface area contributed by atoms with E-state index in [9.17, 15) is 9.59 Å². The van der Waals surface area contributed by atoms with Crippen molar-refractivity contribution in [2.24, 2.45) is 0 Å². The van der Waals surface area contributed by atoms with Gasteiger partial charge in [0.2, 0.25) is 0 Å². The zero-order chi connectivity index (χ0) is 16.2. The fraction of sp³-hybridized carbons (Fsp3) is 0.176. The average molecular weight is 312 g/mol. The monoisotopic (exact) mass is 312 g/mol. The minimum atomic E-state index is -0.281. The zero-order valence-corrected chi connectivity index (χ0v) is 12.6. The molecule has 6 nitrogen and oxygen atoms in total. The maximum absolute atomic E-state index is 12.0. The summed E-state index contributed by atoms with van der Waals surface area (Å²) in [5.41, 5.74) is 2.07. The molecule has 0 saturated heterocycles. The molecule has 0 aromatic heterocycles. The number of benzene rings is 2. The van der Waals surface area contributed by atoms with Crippen LogP contribution in [0.2, 0.25) is 0 Å². The van der Waals surface area contributed by atoms with Crippen LogP contribution >= 0.6 is 0 Å². The molecule has 3 rings (SSSR count). The van der Waals surface area contributed by atoms with Crippen molar-refractivity contribution in [3.05, 3.63) is 48.0 Å². The van der Waals surface area contributed by atoms with E-state index < -0.39 is 0 Å². The molecule has 0 aliphatic carbocycles. The topological polar surface area (TPSA) is 76.7 Å². The number of carbonyl (C=O) groups excluding carboxylic acids is 2. The Balaban J connectivity index is 1.61. The van der Waals surface area contributed by atoms with E-state index in [1.165, 1.54) is 0 Å². The van der Waals surface area contributed by atoms with Crippen molar-refractivity contribution in [3.63, 3.8) is 0 Å². The van der Waals surface area contributed by atoms with Crippen LogP contribution in [0.4, 0.5) is 11.4 Å². The Bertz CT molecular complexity index is 758. The van der Waals surface area contributed by atoms with Crippen LogP contribution in [0.15, 0.2) is 42.5 Å². The molecule has 2 aromatic rings.